The molecule has 0 unspecified atom stereocenters. The normalized spacial score (nSPS) is 10.9. The molecule has 20 heavy (non-hydrogen) atoms. The van der Waals surface area contributed by atoms with Crippen LogP contribution in [0.1, 0.15) is 16.2 Å². The van der Waals surface area contributed by atoms with E-state index in [9.17, 15) is 4.79 Å². The van der Waals surface area contributed by atoms with Gasteiger partial charge in [-0.2, -0.15) is 0 Å². The van der Waals surface area contributed by atoms with Gasteiger partial charge in [-0.1, -0.05) is 28.1 Å². The number of fused-ring (bicyclic) bond motifs is 1. The zero-order valence-corrected chi connectivity index (χ0v) is 12.5. The van der Waals surface area contributed by atoms with Crippen LogP contribution in [0.5, 0.6) is 0 Å². The van der Waals surface area contributed by atoms with Gasteiger partial charge in [-0.3, -0.25) is 9.36 Å². The van der Waals surface area contributed by atoms with Crippen molar-refractivity contribution in [3.8, 4) is 5.82 Å². The van der Waals surface area contributed by atoms with Gasteiger partial charge in [-0.25, -0.2) is 9.97 Å². The molecule has 1 aromatic carbocycles. The zero-order chi connectivity index (χ0) is 14.1. The van der Waals surface area contributed by atoms with E-state index in [4.69, 9.17) is 0 Å². The number of alkyl halides is 1. The van der Waals surface area contributed by atoms with Crippen LogP contribution in [0.15, 0.2) is 42.6 Å². The van der Waals surface area contributed by atoms with Gasteiger partial charge in [-0.15, -0.1) is 0 Å². The monoisotopic (exact) mass is 329 g/mol. The van der Waals surface area contributed by atoms with Crippen LogP contribution in [0, 0.1) is 6.92 Å². The molecule has 3 aromatic rings. The third kappa shape index (κ3) is 2.14. The molecule has 0 fully saturated rings. The van der Waals surface area contributed by atoms with Crippen molar-refractivity contribution < 1.29 is 4.79 Å². The number of halogens is 1. The SMILES string of the molecule is Cc1nc2ccccc2n1-c1ccc(C(=O)CBr)cn1. The minimum absolute atomic E-state index is 0.0243. The summed E-state index contributed by atoms with van der Waals surface area (Å²) in [7, 11) is 0. The van der Waals surface area contributed by atoms with Crippen molar-refractivity contribution in [1.82, 2.24) is 14.5 Å². The van der Waals surface area contributed by atoms with Crippen molar-refractivity contribution in [1.29, 1.82) is 0 Å². The lowest BCUT2D eigenvalue weighted by atomic mass is 10.2. The van der Waals surface area contributed by atoms with E-state index in [0.29, 0.717) is 10.9 Å². The average Bonchev–Trinajstić information content (AvgIpc) is 2.82. The average molecular weight is 330 g/mol. The Bertz CT molecular complexity index is 777. The number of benzene rings is 1. The van der Waals surface area contributed by atoms with Crippen molar-refractivity contribution in [3.05, 3.63) is 54.0 Å². The third-order valence-corrected chi connectivity index (χ3v) is 3.66. The summed E-state index contributed by atoms with van der Waals surface area (Å²) in [5, 5.41) is 0.307. The number of aromatic nitrogens is 3. The number of para-hydroxylation sites is 2. The van der Waals surface area contributed by atoms with E-state index in [1.54, 1.807) is 12.3 Å². The minimum Gasteiger partial charge on any atom is -0.293 e. The second-order valence-electron chi connectivity index (χ2n) is 4.45. The van der Waals surface area contributed by atoms with E-state index in [-0.39, 0.29) is 5.78 Å². The number of aryl methyl sites for hydroxylation is 1. The standard InChI is InChI=1S/C15H12BrN3O/c1-10-18-12-4-2-3-5-13(12)19(10)15-7-6-11(9-17-15)14(20)8-16/h2-7,9H,8H2,1H3. The number of ketones is 1. The molecule has 0 aliphatic heterocycles. The lowest BCUT2D eigenvalue weighted by Crippen LogP contribution is -2.04. The van der Waals surface area contributed by atoms with Gasteiger partial charge < -0.3 is 0 Å². The molecule has 0 radical (unpaired) electrons. The fraction of sp³-hybridized carbons (Fsp3) is 0.133. The summed E-state index contributed by atoms with van der Waals surface area (Å²) in [6.07, 6.45) is 1.60. The van der Waals surface area contributed by atoms with Crippen molar-refractivity contribution in [2.75, 3.05) is 5.33 Å². The smallest absolute Gasteiger partial charge is 0.174 e. The molecule has 100 valence electrons. The van der Waals surface area contributed by atoms with Crippen molar-refractivity contribution >= 4 is 32.7 Å². The summed E-state index contributed by atoms with van der Waals surface area (Å²) in [4.78, 5) is 20.5. The number of imidazole rings is 1. The van der Waals surface area contributed by atoms with E-state index in [1.807, 2.05) is 41.8 Å². The molecule has 2 heterocycles. The quantitative estimate of drug-likeness (QED) is 0.547. The Balaban J connectivity index is 2.11. The maximum Gasteiger partial charge on any atom is 0.174 e. The minimum atomic E-state index is 0.0243. The lowest BCUT2D eigenvalue weighted by molar-refractivity contribution is 0.102. The molecular weight excluding hydrogens is 318 g/mol. The van der Waals surface area contributed by atoms with E-state index in [1.165, 1.54) is 0 Å². The van der Waals surface area contributed by atoms with Crippen LogP contribution in [0.25, 0.3) is 16.9 Å². The van der Waals surface area contributed by atoms with E-state index in [2.05, 4.69) is 25.9 Å². The van der Waals surface area contributed by atoms with Gasteiger partial charge >= 0.3 is 0 Å². The molecule has 0 atom stereocenters. The van der Waals surface area contributed by atoms with E-state index >= 15 is 0 Å². The Morgan fingerprint density at radius 2 is 2.05 bits per heavy atom. The number of hydrogen-bond donors (Lipinski definition) is 0. The Hall–Kier alpha value is -2.01. The predicted octanol–water partition coefficient (Wildman–Crippen LogP) is 3.31. The predicted molar refractivity (Wildman–Crippen MR) is 81.7 cm³/mol. The number of Topliss-reactive ketones (excluding diaryl/α,β-unsaturated/α-hetero) is 1. The van der Waals surface area contributed by atoms with Crippen LogP contribution in [-0.2, 0) is 0 Å². The number of carbonyl (C=O) groups excluding carboxylic acids is 1. The Kier molecular flexibility index (Phi) is 3.36. The number of pyridine rings is 1. The number of hydrogen-bond acceptors (Lipinski definition) is 3. The molecule has 3 rings (SSSR count). The second kappa shape index (κ2) is 5.17. The van der Waals surface area contributed by atoms with Gasteiger partial charge in [0.2, 0.25) is 0 Å². The highest BCUT2D eigenvalue weighted by atomic mass is 79.9. The highest BCUT2D eigenvalue weighted by Gasteiger charge is 2.10. The van der Waals surface area contributed by atoms with Gasteiger partial charge in [0.05, 0.1) is 16.4 Å². The van der Waals surface area contributed by atoms with Crippen molar-refractivity contribution in [3.63, 3.8) is 0 Å². The highest BCUT2D eigenvalue weighted by molar-refractivity contribution is 9.09. The molecule has 0 amide bonds. The number of nitrogens with zero attached hydrogens (tertiary/aromatic N) is 3. The lowest BCUT2D eigenvalue weighted by Gasteiger charge is -2.06. The highest BCUT2D eigenvalue weighted by Crippen LogP contribution is 2.19. The first kappa shape index (κ1) is 13.0. The van der Waals surface area contributed by atoms with E-state index < -0.39 is 0 Å². The summed E-state index contributed by atoms with van der Waals surface area (Å²) in [6.45, 7) is 1.94. The topological polar surface area (TPSA) is 47.8 Å². The first-order valence-corrected chi connectivity index (χ1v) is 7.32. The number of rotatable bonds is 3. The molecule has 2 aromatic heterocycles. The fourth-order valence-electron chi connectivity index (χ4n) is 2.20. The summed E-state index contributed by atoms with van der Waals surface area (Å²) in [5.41, 5.74) is 2.55. The molecule has 0 bridgehead atoms. The first-order chi connectivity index (χ1) is 9.70. The second-order valence-corrected chi connectivity index (χ2v) is 5.01. The van der Waals surface area contributed by atoms with E-state index in [0.717, 1.165) is 22.7 Å². The summed E-state index contributed by atoms with van der Waals surface area (Å²) in [6, 6.07) is 11.6. The molecule has 0 spiro atoms. The maximum atomic E-state index is 11.6. The van der Waals surface area contributed by atoms with Crippen LogP contribution in [0.3, 0.4) is 0 Å². The van der Waals surface area contributed by atoms with Crippen molar-refractivity contribution in [2.45, 2.75) is 6.92 Å². The van der Waals surface area contributed by atoms with Crippen LogP contribution < -0.4 is 0 Å². The van der Waals surface area contributed by atoms with Crippen LogP contribution in [0.2, 0.25) is 0 Å². The van der Waals surface area contributed by atoms with Gasteiger partial charge in [0, 0.05) is 11.8 Å². The van der Waals surface area contributed by atoms with Crippen molar-refractivity contribution in [2.24, 2.45) is 0 Å². The molecular formula is C15H12BrN3O. The Morgan fingerprint density at radius 1 is 1.25 bits per heavy atom. The Labute approximate surface area is 124 Å². The molecule has 0 saturated carbocycles. The van der Waals surface area contributed by atoms with Crippen LogP contribution >= 0.6 is 15.9 Å². The van der Waals surface area contributed by atoms with Gasteiger partial charge in [0.25, 0.3) is 0 Å². The van der Waals surface area contributed by atoms with Gasteiger partial charge in [0.15, 0.2) is 5.78 Å². The summed E-state index contributed by atoms with van der Waals surface area (Å²) in [5.74, 6) is 1.66. The van der Waals surface area contributed by atoms with Gasteiger partial charge in [0.1, 0.15) is 11.6 Å². The maximum absolute atomic E-state index is 11.6. The third-order valence-electron chi connectivity index (χ3n) is 3.15. The fourth-order valence-corrected chi connectivity index (χ4v) is 2.52. The molecule has 0 N–H and O–H groups in total. The molecule has 5 heteroatoms. The Morgan fingerprint density at radius 3 is 2.75 bits per heavy atom. The van der Waals surface area contributed by atoms with Crippen LogP contribution in [0.4, 0.5) is 0 Å². The molecule has 4 nitrogen and oxygen atoms in total. The van der Waals surface area contributed by atoms with Crippen LogP contribution in [-0.4, -0.2) is 25.6 Å². The summed E-state index contributed by atoms with van der Waals surface area (Å²) < 4.78 is 1.98. The zero-order valence-electron chi connectivity index (χ0n) is 10.9. The first-order valence-electron chi connectivity index (χ1n) is 6.20. The molecule has 0 aliphatic rings. The molecule has 0 aliphatic carbocycles. The summed E-state index contributed by atoms with van der Waals surface area (Å²) >= 11 is 3.16. The largest absolute Gasteiger partial charge is 0.293 e. The molecule has 0 saturated heterocycles. The number of carbonyl (C=O) groups is 1. The van der Waals surface area contributed by atoms with Gasteiger partial charge in [-0.05, 0) is 31.2 Å².